The van der Waals surface area contributed by atoms with E-state index in [1.165, 1.54) is 5.56 Å². The van der Waals surface area contributed by atoms with Crippen LogP contribution in [0.2, 0.25) is 0 Å². The van der Waals surface area contributed by atoms with Crippen LogP contribution >= 0.6 is 15.9 Å². The lowest BCUT2D eigenvalue weighted by Gasteiger charge is -2.13. The molecule has 0 heterocycles. The van der Waals surface area contributed by atoms with Crippen molar-refractivity contribution in [2.24, 2.45) is 0 Å². The Morgan fingerprint density at radius 1 is 1.00 bits per heavy atom. The smallest absolute Gasteiger partial charge is 0.276 e. The highest BCUT2D eigenvalue weighted by Gasteiger charge is 2.14. The summed E-state index contributed by atoms with van der Waals surface area (Å²) in [6.45, 7) is 2.53. The van der Waals surface area contributed by atoms with Crippen LogP contribution in [0.3, 0.4) is 0 Å². The van der Waals surface area contributed by atoms with Crippen molar-refractivity contribution < 1.29 is 23.8 Å². The van der Waals surface area contributed by atoms with Gasteiger partial charge >= 0.3 is 0 Å². The van der Waals surface area contributed by atoms with Gasteiger partial charge in [0, 0.05) is 11.6 Å². The SMILES string of the molecule is CCc1ccc(OCC(=O)NNC(=O)c2cc(Br)ccc2OCCOC)cc1. The summed E-state index contributed by atoms with van der Waals surface area (Å²) in [4.78, 5) is 24.3. The van der Waals surface area contributed by atoms with Gasteiger partial charge < -0.3 is 14.2 Å². The second kappa shape index (κ2) is 11.3. The zero-order valence-electron chi connectivity index (χ0n) is 15.8. The number of benzene rings is 2. The molecule has 0 atom stereocenters. The van der Waals surface area contributed by atoms with Gasteiger partial charge in [0.2, 0.25) is 0 Å². The molecule has 0 spiro atoms. The highest BCUT2D eigenvalue weighted by molar-refractivity contribution is 9.10. The summed E-state index contributed by atoms with van der Waals surface area (Å²) >= 11 is 3.32. The topological polar surface area (TPSA) is 85.9 Å². The third-order valence-corrected chi connectivity index (χ3v) is 4.24. The van der Waals surface area contributed by atoms with Crippen LogP contribution in [0.15, 0.2) is 46.9 Å². The summed E-state index contributed by atoms with van der Waals surface area (Å²) in [5.41, 5.74) is 6.15. The van der Waals surface area contributed by atoms with Crippen molar-refractivity contribution in [1.29, 1.82) is 0 Å². The van der Waals surface area contributed by atoms with E-state index in [4.69, 9.17) is 14.2 Å². The van der Waals surface area contributed by atoms with Gasteiger partial charge in [-0.2, -0.15) is 0 Å². The number of aryl methyl sites for hydroxylation is 1. The molecule has 7 nitrogen and oxygen atoms in total. The van der Waals surface area contributed by atoms with Gasteiger partial charge in [0.05, 0.1) is 12.2 Å². The van der Waals surface area contributed by atoms with Crippen molar-refractivity contribution in [2.45, 2.75) is 13.3 Å². The van der Waals surface area contributed by atoms with Crippen LogP contribution in [-0.2, 0) is 16.0 Å². The first-order valence-corrected chi connectivity index (χ1v) is 9.55. The number of methoxy groups -OCH3 is 1. The lowest BCUT2D eigenvalue weighted by Crippen LogP contribution is -2.44. The molecule has 2 aromatic carbocycles. The van der Waals surface area contributed by atoms with E-state index in [1.54, 1.807) is 37.4 Å². The number of rotatable bonds is 9. The fraction of sp³-hybridized carbons (Fsp3) is 0.300. The number of amides is 2. The fourth-order valence-electron chi connectivity index (χ4n) is 2.24. The summed E-state index contributed by atoms with van der Waals surface area (Å²) in [7, 11) is 1.56. The van der Waals surface area contributed by atoms with Crippen LogP contribution in [-0.4, -0.2) is 38.7 Å². The molecule has 0 fully saturated rings. The Balaban J connectivity index is 1.86. The van der Waals surface area contributed by atoms with Crippen molar-refractivity contribution in [2.75, 3.05) is 26.9 Å². The maximum atomic E-state index is 12.4. The van der Waals surface area contributed by atoms with Crippen LogP contribution in [0.1, 0.15) is 22.8 Å². The van der Waals surface area contributed by atoms with Gasteiger partial charge in [-0.25, -0.2) is 0 Å². The van der Waals surface area contributed by atoms with Crippen LogP contribution in [0.4, 0.5) is 0 Å². The van der Waals surface area contributed by atoms with Crippen LogP contribution in [0.5, 0.6) is 11.5 Å². The molecule has 0 aliphatic rings. The molecule has 2 amide bonds. The maximum Gasteiger partial charge on any atom is 0.276 e. The average molecular weight is 451 g/mol. The Kier molecular flexibility index (Phi) is 8.77. The molecule has 0 aliphatic carbocycles. The normalized spacial score (nSPS) is 10.2. The lowest BCUT2D eigenvalue weighted by atomic mass is 10.2. The Morgan fingerprint density at radius 2 is 1.75 bits per heavy atom. The van der Waals surface area contributed by atoms with Crippen LogP contribution in [0.25, 0.3) is 0 Å². The number of hydrogen-bond donors (Lipinski definition) is 2. The standard InChI is InChI=1S/C20H23BrN2O5/c1-3-14-4-7-16(8-5-14)28-13-19(24)22-23-20(25)17-12-15(21)6-9-18(17)27-11-10-26-2/h4-9,12H,3,10-11,13H2,1-2H3,(H,22,24)(H,23,25). The molecule has 0 aliphatic heterocycles. The monoisotopic (exact) mass is 450 g/mol. The number of ether oxygens (including phenoxy) is 3. The summed E-state index contributed by atoms with van der Waals surface area (Å²) in [6.07, 6.45) is 0.930. The predicted molar refractivity (Wildman–Crippen MR) is 108 cm³/mol. The van der Waals surface area contributed by atoms with E-state index < -0.39 is 11.8 Å². The molecule has 0 saturated heterocycles. The third kappa shape index (κ3) is 6.86. The Morgan fingerprint density at radius 3 is 2.43 bits per heavy atom. The minimum atomic E-state index is -0.505. The van der Waals surface area contributed by atoms with Crippen LogP contribution < -0.4 is 20.3 Å². The van der Waals surface area contributed by atoms with Crippen molar-refractivity contribution in [3.63, 3.8) is 0 Å². The van der Waals surface area contributed by atoms with Gasteiger partial charge in [-0.3, -0.25) is 20.4 Å². The van der Waals surface area contributed by atoms with E-state index in [9.17, 15) is 9.59 Å². The van der Waals surface area contributed by atoms with Gasteiger partial charge in [-0.1, -0.05) is 35.0 Å². The van der Waals surface area contributed by atoms with Gasteiger partial charge in [0.25, 0.3) is 11.8 Å². The molecule has 150 valence electrons. The number of carbonyl (C=O) groups is 2. The maximum absolute atomic E-state index is 12.4. The van der Waals surface area contributed by atoms with E-state index in [0.717, 1.165) is 6.42 Å². The Bertz CT molecular complexity index is 796. The number of hydrazine groups is 1. The van der Waals surface area contributed by atoms with Gasteiger partial charge in [-0.15, -0.1) is 0 Å². The highest BCUT2D eigenvalue weighted by Crippen LogP contribution is 2.23. The molecular formula is C20H23BrN2O5. The quantitative estimate of drug-likeness (QED) is 0.453. The first-order chi connectivity index (χ1) is 13.5. The second-order valence-corrected chi connectivity index (χ2v) is 6.69. The van der Waals surface area contributed by atoms with E-state index in [0.29, 0.717) is 29.2 Å². The minimum absolute atomic E-state index is 0.221. The summed E-state index contributed by atoms with van der Waals surface area (Å²) in [5.74, 6) is -0.0158. The minimum Gasteiger partial charge on any atom is -0.490 e. The number of hydrogen-bond acceptors (Lipinski definition) is 5. The van der Waals surface area contributed by atoms with E-state index in [1.807, 2.05) is 12.1 Å². The molecule has 0 saturated carbocycles. The Labute approximate surface area is 172 Å². The predicted octanol–water partition coefficient (Wildman–Crippen LogP) is 2.88. The van der Waals surface area contributed by atoms with Gasteiger partial charge in [0.15, 0.2) is 6.61 Å². The molecule has 2 rings (SSSR count). The highest BCUT2D eigenvalue weighted by atomic mass is 79.9. The largest absolute Gasteiger partial charge is 0.490 e. The van der Waals surface area contributed by atoms with Gasteiger partial charge in [-0.05, 0) is 42.3 Å². The molecule has 0 unspecified atom stereocenters. The second-order valence-electron chi connectivity index (χ2n) is 5.77. The van der Waals surface area contributed by atoms with E-state index in [-0.39, 0.29) is 12.2 Å². The Hall–Kier alpha value is -2.58. The molecule has 0 bridgehead atoms. The molecule has 0 radical (unpaired) electrons. The fourth-order valence-corrected chi connectivity index (χ4v) is 2.60. The van der Waals surface area contributed by atoms with Crippen LogP contribution in [0, 0.1) is 0 Å². The number of nitrogens with one attached hydrogen (secondary N) is 2. The number of carbonyl (C=O) groups excluding carboxylic acids is 2. The van der Waals surface area contributed by atoms with E-state index in [2.05, 4.69) is 33.7 Å². The zero-order chi connectivity index (χ0) is 20.4. The average Bonchev–Trinajstić information content (AvgIpc) is 2.72. The number of halogens is 1. The van der Waals surface area contributed by atoms with Gasteiger partial charge in [0.1, 0.15) is 18.1 Å². The molecule has 0 aromatic heterocycles. The zero-order valence-corrected chi connectivity index (χ0v) is 17.4. The first-order valence-electron chi connectivity index (χ1n) is 8.75. The van der Waals surface area contributed by atoms with Crippen molar-refractivity contribution in [1.82, 2.24) is 10.9 Å². The first kappa shape index (κ1) is 21.7. The van der Waals surface area contributed by atoms with Crippen molar-refractivity contribution >= 4 is 27.7 Å². The molecule has 8 heteroatoms. The summed E-state index contributed by atoms with van der Waals surface area (Å²) in [6, 6.07) is 12.5. The molecular weight excluding hydrogens is 428 g/mol. The third-order valence-electron chi connectivity index (χ3n) is 3.75. The van der Waals surface area contributed by atoms with E-state index >= 15 is 0 Å². The van der Waals surface area contributed by atoms with Crippen molar-refractivity contribution in [3.05, 3.63) is 58.1 Å². The summed E-state index contributed by atoms with van der Waals surface area (Å²) < 4.78 is 16.6. The lowest BCUT2D eigenvalue weighted by molar-refractivity contribution is -0.123. The molecule has 28 heavy (non-hydrogen) atoms. The summed E-state index contributed by atoms with van der Waals surface area (Å²) in [5, 5.41) is 0. The van der Waals surface area contributed by atoms with Crippen molar-refractivity contribution in [3.8, 4) is 11.5 Å². The molecule has 2 aromatic rings. The molecule has 2 N–H and O–H groups in total.